The number of likely N-dealkylation sites (N-methyl/N-ethyl adjacent to an activating group) is 1. The van der Waals surface area contributed by atoms with Crippen molar-refractivity contribution in [2.24, 2.45) is 0 Å². The smallest absolute Gasteiger partial charge is 0.326 e. The summed E-state index contributed by atoms with van der Waals surface area (Å²) in [4.78, 5) is 42.3. The number of urea groups is 1. The zero-order valence-corrected chi connectivity index (χ0v) is 14.8. The summed E-state index contributed by atoms with van der Waals surface area (Å²) in [6, 6.07) is 7.67. The van der Waals surface area contributed by atoms with Crippen molar-refractivity contribution in [3.8, 4) is 0 Å². The molecule has 0 aliphatic carbocycles. The number of hydrogen-bond donors (Lipinski definition) is 1. The van der Waals surface area contributed by atoms with Gasteiger partial charge in [-0.15, -0.1) is 11.3 Å². The molecule has 1 N–H and O–H groups in total. The maximum atomic E-state index is 11.9. The van der Waals surface area contributed by atoms with Gasteiger partial charge in [-0.1, -0.05) is 12.1 Å². The number of aromatic nitrogens is 1. The van der Waals surface area contributed by atoms with Gasteiger partial charge in [-0.2, -0.15) is 0 Å². The summed E-state index contributed by atoms with van der Waals surface area (Å²) < 4.78 is 1.15. The Hall–Kier alpha value is -2.48. The first-order valence-corrected chi connectivity index (χ1v) is 9.03. The third kappa shape index (κ3) is 4.14. The largest absolute Gasteiger partial charge is 0.356 e. The highest BCUT2D eigenvalue weighted by Gasteiger charge is 2.32. The molecule has 1 fully saturated rings. The highest BCUT2D eigenvalue weighted by Crippen LogP contribution is 2.21. The molecule has 1 aliphatic rings. The lowest BCUT2D eigenvalue weighted by Crippen LogP contribution is -2.33. The van der Waals surface area contributed by atoms with Crippen LogP contribution in [0.3, 0.4) is 0 Å². The zero-order valence-electron chi connectivity index (χ0n) is 14.0. The zero-order chi connectivity index (χ0) is 17.8. The molecular weight excluding hydrogens is 340 g/mol. The molecule has 1 aromatic heterocycles. The second kappa shape index (κ2) is 7.60. The van der Waals surface area contributed by atoms with E-state index in [2.05, 4.69) is 10.3 Å². The summed E-state index contributed by atoms with van der Waals surface area (Å²) in [5.74, 6) is -0.280. The minimum atomic E-state index is -0.291. The van der Waals surface area contributed by atoms with Crippen molar-refractivity contribution in [2.75, 3.05) is 26.7 Å². The molecule has 8 heteroatoms. The molecule has 0 unspecified atom stereocenters. The van der Waals surface area contributed by atoms with Gasteiger partial charge in [0.15, 0.2) is 0 Å². The van der Waals surface area contributed by atoms with Crippen LogP contribution < -0.4 is 5.32 Å². The van der Waals surface area contributed by atoms with Crippen molar-refractivity contribution in [3.05, 3.63) is 29.3 Å². The number of amides is 4. The fraction of sp³-hybridized carbons (Fsp3) is 0.412. The first kappa shape index (κ1) is 17.3. The number of nitrogens with zero attached hydrogens (tertiary/aromatic N) is 3. The van der Waals surface area contributed by atoms with Gasteiger partial charge in [-0.25, -0.2) is 9.78 Å². The molecule has 132 valence electrons. The number of rotatable bonds is 7. The van der Waals surface area contributed by atoms with Gasteiger partial charge in [0.25, 0.3) is 0 Å². The number of hydrogen-bond acceptors (Lipinski definition) is 5. The van der Waals surface area contributed by atoms with Crippen molar-refractivity contribution in [3.63, 3.8) is 0 Å². The highest BCUT2D eigenvalue weighted by molar-refractivity contribution is 7.18. The van der Waals surface area contributed by atoms with Crippen LogP contribution in [-0.2, 0) is 16.0 Å². The van der Waals surface area contributed by atoms with E-state index in [1.54, 1.807) is 18.4 Å². The summed E-state index contributed by atoms with van der Waals surface area (Å²) >= 11 is 1.64. The van der Waals surface area contributed by atoms with Crippen LogP contribution in [0.15, 0.2) is 24.3 Å². The number of para-hydroxylation sites is 1. The number of thiazole rings is 1. The molecule has 2 aromatic rings. The van der Waals surface area contributed by atoms with Crippen molar-refractivity contribution >= 4 is 39.4 Å². The average Bonchev–Trinajstić information content (AvgIpc) is 3.10. The third-order valence-corrected chi connectivity index (χ3v) is 5.11. The molecular formula is C17H20N4O3S. The van der Waals surface area contributed by atoms with Crippen LogP contribution in [0.2, 0.25) is 0 Å². The Kier molecular flexibility index (Phi) is 5.28. The van der Waals surface area contributed by atoms with E-state index in [1.165, 1.54) is 9.80 Å². The molecule has 25 heavy (non-hydrogen) atoms. The van der Waals surface area contributed by atoms with E-state index in [1.807, 2.05) is 24.3 Å². The molecule has 2 heterocycles. The first-order valence-electron chi connectivity index (χ1n) is 8.21. The molecule has 0 spiro atoms. The second-order valence-corrected chi connectivity index (χ2v) is 7.08. The Bertz CT molecular complexity index is 771. The molecule has 0 radical (unpaired) electrons. The van der Waals surface area contributed by atoms with Gasteiger partial charge in [-0.3, -0.25) is 14.5 Å². The molecule has 1 aliphatic heterocycles. The van der Waals surface area contributed by atoms with Crippen LogP contribution in [-0.4, -0.2) is 59.3 Å². The standard InChI is InChI=1S/C17H20N4O3S/c1-20-11-16(23)21(17(20)24)10-4-7-14(22)18-9-8-15-19-12-5-2-3-6-13(12)25-15/h2-3,5-6H,4,7-11H2,1H3,(H,18,22). The molecule has 3 rings (SSSR count). The second-order valence-electron chi connectivity index (χ2n) is 5.96. The number of carbonyl (C=O) groups excluding carboxylic acids is 3. The minimum absolute atomic E-state index is 0.0754. The van der Waals surface area contributed by atoms with E-state index < -0.39 is 0 Å². The molecule has 7 nitrogen and oxygen atoms in total. The van der Waals surface area contributed by atoms with E-state index in [-0.39, 0.29) is 30.9 Å². The lowest BCUT2D eigenvalue weighted by molar-refractivity contribution is -0.126. The van der Waals surface area contributed by atoms with Gasteiger partial charge in [0.05, 0.1) is 15.2 Å². The Morgan fingerprint density at radius 2 is 2.12 bits per heavy atom. The molecule has 0 atom stereocenters. The minimum Gasteiger partial charge on any atom is -0.356 e. The molecule has 0 saturated carbocycles. The van der Waals surface area contributed by atoms with E-state index in [0.29, 0.717) is 25.8 Å². The fourth-order valence-corrected chi connectivity index (χ4v) is 3.68. The van der Waals surface area contributed by atoms with Crippen LogP contribution in [0.4, 0.5) is 4.79 Å². The fourth-order valence-electron chi connectivity index (χ4n) is 2.71. The molecule has 1 saturated heterocycles. The van der Waals surface area contributed by atoms with E-state index in [4.69, 9.17) is 0 Å². The Morgan fingerprint density at radius 1 is 1.32 bits per heavy atom. The van der Waals surface area contributed by atoms with Gasteiger partial charge < -0.3 is 10.2 Å². The summed E-state index contributed by atoms with van der Waals surface area (Å²) in [5, 5.41) is 3.86. The number of nitrogens with one attached hydrogen (secondary N) is 1. The van der Waals surface area contributed by atoms with Crippen LogP contribution in [0.25, 0.3) is 10.2 Å². The number of fused-ring (bicyclic) bond motifs is 1. The van der Waals surface area contributed by atoms with Gasteiger partial charge in [-0.05, 0) is 18.6 Å². The Labute approximate surface area is 149 Å². The Balaban J connectivity index is 1.37. The SMILES string of the molecule is CN1CC(=O)N(CCCC(=O)NCCc2nc3ccccc3s2)C1=O. The number of benzene rings is 1. The topological polar surface area (TPSA) is 82.6 Å². The predicted molar refractivity (Wildman–Crippen MR) is 95.3 cm³/mol. The van der Waals surface area contributed by atoms with Gasteiger partial charge in [0.2, 0.25) is 11.8 Å². The highest BCUT2D eigenvalue weighted by atomic mass is 32.1. The lowest BCUT2D eigenvalue weighted by Gasteiger charge is -2.13. The van der Waals surface area contributed by atoms with Crippen molar-refractivity contribution < 1.29 is 14.4 Å². The van der Waals surface area contributed by atoms with Crippen LogP contribution in [0.5, 0.6) is 0 Å². The van der Waals surface area contributed by atoms with Crippen LogP contribution >= 0.6 is 11.3 Å². The van der Waals surface area contributed by atoms with Crippen molar-refractivity contribution in [1.29, 1.82) is 0 Å². The lowest BCUT2D eigenvalue weighted by atomic mass is 10.2. The number of imide groups is 1. The van der Waals surface area contributed by atoms with Gasteiger partial charge >= 0.3 is 6.03 Å². The predicted octanol–water partition coefficient (Wildman–Crippen LogP) is 1.63. The van der Waals surface area contributed by atoms with Crippen molar-refractivity contribution in [1.82, 2.24) is 20.1 Å². The van der Waals surface area contributed by atoms with Gasteiger partial charge in [0, 0.05) is 33.0 Å². The maximum Gasteiger partial charge on any atom is 0.326 e. The summed E-state index contributed by atoms with van der Waals surface area (Å²) in [6.07, 6.45) is 1.46. The third-order valence-electron chi connectivity index (χ3n) is 4.02. The Morgan fingerprint density at radius 3 is 2.84 bits per heavy atom. The van der Waals surface area contributed by atoms with Crippen molar-refractivity contribution in [2.45, 2.75) is 19.3 Å². The maximum absolute atomic E-state index is 11.9. The summed E-state index contributed by atoms with van der Waals surface area (Å²) in [7, 11) is 1.59. The van der Waals surface area contributed by atoms with E-state index >= 15 is 0 Å². The molecule has 4 amide bonds. The summed E-state index contributed by atoms with van der Waals surface area (Å²) in [5.41, 5.74) is 0.985. The summed E-state index contributed by atoms with van der Waals surface area (Å²) in [6.45, 7) is 0.934. The van der Waals surface area contributed by atoms with E-state index in [9.17, 15) is 14.4 Å². The number of carbonyl (C=O) groups is 3. The normalized spacial score (nSPS) is 14.6. The quantitative estimate of drug-likeness (QED) is 0.761. The molecule has 1 aromatic carbocycles. The molecule has 0 bridgehead atoms. The first-order chi connectivity index (χ1) is 12.0. The van der Waals surface area contributed by atoms with Crippen LogP contribution in [0.1, 0.15) is 17.8 Å². The van der Waals surface area contributed by atoms with E-state index in [0.717, 1.165) is 15.2 Å². The van der Waals surface area contributed by atoms with Gasteiger partial charge in [0.1, 0.15) is 6.54 Å². The van der Waals surface area contributed by atoms with Crippen LogP contribution in [0, 0.1) is 0 Å². The monoisotopic (exact) mass is 360 g/mol. The average molecular weight is 360 g/mol.